The lowest BCUT2D eigenvalue weighted by Gasteiger charge is -2.14. The van der Waals surface area contributed by atoms with Crippen molar-refractivity contribution in [2.24, 2.45) is 0 Å². The van der Waals surface area contributed by atoms with E-state index in [1.54, 1.807) is 11.8 Å². The number of nitrogens with one attached hydrogen (secondary N) is 1. The molecule has 4 aromatic rings. The molecule has 5 rings (SSSR count). The molecule has 7 heteroatoms. The summed E-state index contributed by atoms with van der Waals surface area (Å²) in [6.45, 7) is 0.713. The van der Waals surface area contributed by atoms with Gasteiger partial charge in [0, 0.05) is 23.5 Å². The maximum atomic E-state index is 12.6. The van der Waals surface area contributed by atoms with Gasteiger partial charge in [0.15, 0.2) is 0 Å². The average Bonchev–Trinajstić information content (AvgIpc) is 3.45. The highest BCUT2D eigenvalue weighted by Crippen LogP contribution is 2.29. The predicted octanol–water partition coefficient (Wildman–Crippen LogP) is 5.00. The Hall–Kier alpha value is -2.77. The zero-order valence-electron chi connectivity index (χ0n) is 16.9. The van der Waals surface area contributed by atoms with E-state index in [0.29, 0.717) is 24.4 Å². The standard InChI is InChI=1S/C24H23N3O2S2/c28-31(29,21-14-15-30-17-21)26-20-12-10-19(11-13-20)24-25-22-8-4-5-9-23(22)27(24)16-18-6-2-1-3-7-18/h1-13,21,26H,14-17H2. The quantitative estimate of drug-likeness (QED) is 0.450. The summed E-state index contributed by atoms with van der Waals surface area (Å²) in [6.07, 6.45) is 0.710. The number of imidazole rings is 1. The fourth-order valence-electron chi connectivity index (χ4n) is 3.91. The second-order valence-corrected chi connectivity index (χ2v) is 10.8. The number of sulfonamides is 1. The topological polar surface area (TPSA) is 64.0 Å². The van der Waals surface area contributed by atoms with Crippen molar-refractivity contribution >= 4 is 38.5 Å². The van der Waals surface area contributed by atoms with E-state index >= 15 is 0 Å². The number of hydrogen-bond donors (Lipinski definition) is 1. The van der Waals surface area contributed by atoms with Gasteiger partial charge in [-0.05, 0) is 54.1 Å². The maximum absolute atomic E-state index is 12.6. The maximum Gasteiger partial charge on any atom is 0.236 e. The van der Waals surface area contributed by atoms with Crippen molar-refractivity contribution in [3.05, 3.63) is 84.4 Å². The molecule has 1 fully saturated rings. The zero-order chi connectivity index (χ0) is 21.3. The van der Waals surface area contributed by atoms with Crippen molar-refractivity contribution in [1.29, 1.82) is 0 Å². The molecule has 1 aliphatic heterocycles. The summed E-state index contributed by atoms with van der Waals surface area (Å²) in [4.78, 5) is 4.87. The van der Waals surface area contributed by atoms with Gasteiger partial charge >= 0.3 is 0 Å². The van der Waals surface area contributed by atoms with Crippen molar-refractivity contribution in [3.8, 4) is 11.4 Å². The van der Waals surface area contributed by atoms with Crippen LogP contribution in [0.5, 0.6) is 0 Å². The van der Waals surface area contributed by atoms with Crippen LogP contribution in [-0.2, 0) is 16.6 Å². The van der Waals surface area contributed by atoms with Gasteiger partial charge in [-0.3, -0.25) is 4.72 Å². The predicted molar refractivity (Wildman–Crippen MR) is 129 cm³/mol. The van der Waals surface area contributed by atoms with Crippen LogP contribution in [0, 0.1) is 0 Å². The number of thioether (sulfide) groups is 1. The molecule has 1 aromatic heterocycles. The van der Waals surface area contributed by atoms with Crippen LogP contribution in [-0.4, -0.2) is 34.7 Å². The summed E-state index contributed by atoms with van der Waals surface area (Å²) in [7, 11) is -3.35. The summed E-state index contributed by atoms with van der Waals surface area (Å²) in [5.74, 6) is 2.44. The highest BCUT2D eigenvalue weighted by molar-refractivity contribution is 8.01. The van der Waals surface area contributed by atoms with Gasteiger partial charge in [0.1, 0.15) is 5.82 Å². The highest BCUT2D eigenvalue weighted by Gasteiger charge is 2.29. The molecule has 1 N–H and O–H groups in total. The lowest BCUT2D eigenvalue weighted by molar-refractivity contribution is 0.589. The molecule has 0 aliphatic carbocycles. The average molecular weight is 450 g/mol. The normalized spacial score (nSPS) is 16.6. The Bertz CT molecular complexity index is 1290. The molecule has 2 heterocycles. The Balaban J connectivity index is 1.47. The van der Waals surface area contributed by atoms with Crippen LogP contribution in [0.3, 0.4) is 0 Å². The summed E-state index contributed by atoms with van der Waals surface area (Å²) in [5.41, 5.74) is 4.75. The Morgan fingerprint density at radius 3 is 2.45 bits per heavy atom. The van der Waals surface area contributed by atoms with Crippen molar-refractivity contribution in [2.75, 3.05) is 16.2 Å². The molecule has 0 spiro atoms. The Morgan fingerprint density at radius 2 is 1.71 bits per heavy atom. The SMILES string of the molecule is O=S(=O)(Nc1ccc(-c2nc3ccccc3n2Cc2ccccc2)cc1)C1CCSC1. The first kappa shape index (κ1) is 20.2. The number of hydrogen-bond acceptors (Lipinski definition) is 4. The lowest BCUT2D eigenvalue weighted by atomic mass is 10.2. The number of nitrogens with zero attached hydrogens (tertiary/aromatic N) is 2. The van der Waals surface area contributed by atoms with Crippen molar-refractivity contribution in [2.45, 2.75) is 18.2 Å². The van der Waals surface area contributed by atoms with E-state index in [1.807, 2.05) is 60.7 Å². The van der Waals surface area contributed by atoms with Crippen molar-refractivity contribution < 1.29 is 8.42 Å². The van der Waals surface area contributed by atoms with Gasteiger partial charge in [0.05, 0.1) is 16.3 Å². The van der Waals surface area contributed by atoms with Crippen LogP contribution < -0.4 is 4.72 Å². The van der Waals surface area contributed by atoms with E-state index in [2.05, 4.69) is 27.5 Å². The van der Waals surface area contributed by atoms with Crippen molar-refractivity contribution in [3.63, 3.8) is 0 Å². The molecule has 0 amide bonds. The molecular formula is C24H23N3O2S2. The monoisotopic (exact) mass is 449 g/mol. The van der Waals surface area contributed by atoms with Crippen LogP contribution in [0.25, 0.3) is 22.4 Å². The number of para-hydroxylation sites is 2. The third-order valence-corrected chi connectivity index (χ3v) is 8.74. The van der Waals surface area contributed by atoms with Crippen LogP contribution in [0.4, 0.5) is 5.69 Å². The van der Waals surface area contributed by atoms with Gasteiger partial charge in [-0.1, -0.05) is 42.5 Å². The van der Waals surface area contributed by atoms with E-state index in [4.69, 9.17) is 4.98 Å². The molecule has 0 saturated carbocycles. The molecule has 3 aromatic carbocycles. The van der Waals surface area contributed by atoms with Gasteiger partial charge < -0.3 is 4.57 Å². The number of aromatic nitrogens is 2. The van der Waals surface area contributed by atoms with E-state index in [1.165, 1.54) is 5.56 Å². The number of rotatable bonds is 6. The van der Waals surface area contributed by atoms with Crippen LogP contribution in [0.2, 0.25) is 0 Å². The smallest absolute Gasteiger partial charge is 0.236 e. The molecule has 31 heavy (non-hydrogen) atoms. The van der Waals surface area contributed by atoms with E-state index < -0.39 is 10.0 Å². The third-order valence-electron chi connectivity index (χ3n) is 5.57. The molecule has 1 aliphatic rings. The molecule has 0 bridgehead atoms. The lowest BCUT2D eigenvalue weighted by Crippen LogP contribution is -2.27. The number of benzene rings is 3. The molecular weight excluding hydrogens is 426 g/mol. The first-order valence-electron chi connectivity index (χ1n) is 10.3. The second kappa shape index (κ2) is 8.40. The zero-order valence-corrected chi connectivity index (χ0v) is 18.6. The molecule has 1 saturated heterocycles. The second-order valence-electron chi connectivity index (χ2n) is 7.71. The fourth-order valence-corrected chi connectivity index (χ4v) is 7.18. The largest absolute Gasteiger partial charge is 0.319 e. The van der Waals surface area contributed by atoms with Gasteiger partial charge in [-0.15, -0.1) is 0 Å². The van der Waals surface area contributed by atoms with Gasteiger partial charge in [0.25, 0.3) is 0 Å². The Labute approximate surface area is 186 Å². The Kier molecular flexibility index (Phi) is 5.46. The van der Waals surface area contributed by atoms with Gasteiger partial charge in [0.2, 0.25) is 10.0 Å². The number of fused-ring (bicyclic) bond motifs is 1. The summed E-state index contributed by atoms with van der Waals surface area (Å²) in [5, 5.41) is -0.313. The molecule has 158 valence electrons. The summed E-state index contributed by atoms with van der Waals surface area (Å²) >= 11 is 1.69. The molecule has 5 nitrogen and oxygen atoms in total. The third kappa shape index (κ3) is 4.20. The minimum absolute atomic E-state index is 0.313. The number of anilines is 1. The van der Waals surface area contributed by atoms with E-state index in [-0.39, 0.29) is 5.25 Å². The first-order chi connectivity index (χ1) is 15.1. The van der Waals surface area contributed by atoms with Crippen molar-refractivity contribution in [1.82, 2.24) is 9.55 Å². The van der Waals surface area contributed by atoms with Gasteiger partial charge in [-0.2, -0.15) is 11.8 Å². The summed E-state index contributed by atoms with van der Waals surface area (Å²) < 4.78 is 30.1. The van der Waals surface area contributed by atoms with Crippen LogP contribution in [0.1, 0.15) is 12.0 Å². The first-order valence-corrected chi connectivity index (χ1v) is 13.0. The van der Waals surface area contributed by atoms with E-state index in [9.17, 15) is 8.42 Å². The summed E-state index contributed by atoms with van der Waals surface area (Å²) in [6, 6.07) is 25.9. The fraction of sp³-hybridized carbons (Fsp3) is 0.208. The van der Waals surface area contributed by atoms with Crippen LogP contribution >= 0.6 is 11.8 Å². The molecule has 1 unspecified atom stereocenters. The molecule has 1 atom stereocenters. The minimum atomic E-state index is -3.35. The van der Waals surface area contributed by atoms with Crippen LogP contribution in [0.15, 0.2) is 78.9 Å². The minimum Gasteiger partial charge on any atom is -0.319 e. The van der Waals surface area contributed by atoms with Gasteiger partial charge in [-0.25, -0.2) is 13.4 Å². The molecule has 0 radical (unpaired) electrons. The van der Waals surface area contributed by atoms with E-state index in [0.717, 1.165) is 28.2 Å². The highest BCUT2D eigenvalue weighted by atomic mass is 32.2. The Morgan fingerprint density at radius 1 is 0.968 bits per heavy atom.